The minimum absolute atomic E-state index is 0.486. The number of aromatic nitrogens is 1. The van der Waals surface area contributed by atoms with Crippen LogP contribution in [0.5, 0.6) is 0 Å². The van der Waals surface area contributed by atoms with Crippen molar-refractivity contribution in [2.24, 2.45) is 11.7 Å². The van der Waals surface area contributed by atoms with Crippen molar-refractivity contribution in [2.45, 2.75) is 32.6 Å². The van der Waals surface area contributed by atoms with E-state index in [9.17, 15) is 0 Å². The van der Waals surface area contributed by atoms with Crippen LogP contribution in [0.3, 0.4) is 0 Å². The molecule has 1 atom stereocenters. The normalized spacial score (nSPS) is 19.2. The molecular weight excluding hydrogens is 258 g/mol. The molecule has 1 aliphatic heterocycles. The summed E-state index contributed by atoms with van der Waals surface area (Å²) in [7, 11) is 0. The predicted octanol–water partition coefficient (Wildman–Crippen LogP) is 3.25. The Morgan fingerprint density at radius 3 is 2.67 bits per heavy atom. The smallest absolute Gasteiger partial charge is 0.0458 e. The zero-order valence-corrected chi connectivity index (χ0v) is 13.2. The molecule has 0 bridgehead atoms. The van der Waals surface area contributed by atoms with Gasteiger partial charge >= 0.3 is 0 Å². The first kappa shape index (κ1) is 14.6. The molecule has 0 radical (unpaired) electrons. The van der Waals surface area contributed by atoms with E-state index in [1.807, 2.05) is 0 Å². The molecule has 21 heavy (non-hydrogen) atoms. The zero-order chi connectivity index (χ0) is 14.8. The minimum atomic E-state index is 0.486. The van der Waals surface area contributed by atoms with Crippen LogP contribution < -0.4 is 5.73 Å². The Labute approximate surface area is 127 Å². The lowest BCUT2D eigenvalue weighted by molar-refractivity contribution is 0.176. The highest BCUT2D eigenvalue weighted by Crippen LogP contribution is 2.37. The summed E-state index contributed by atoms with van der Waals surface area (Å²) in [6, 6.07) is 8.63. The molecule has 1 fully saturated rings. The van der Waals surface area contributed by atoms with Crippen molar-refractivity contribution in [3.8, 4) is 0 Å². The van der Waals surface area contributed by atoms with Gasteiger partial charge in [-0.25, -0.2) is 0 Å². The molecule has 0 aliphatic carbocycles. The predicted molar refractivity (Wildman–Crippen MR) is 89.7 cm³/mol. The monoisotopic (exact) mass is 285 g/mol. The van der Waals surface area contributed by atoms with Gasteiger partial charge in [0, 0.05) is 22.5 Å². The van der Waals surface area contributed by atoms with Crippen molar-refractivity contribution in [2.75, 3.05) is 26.2 Å². The molecule has 2 aromatic rings. The maximum absolute atomic E-state index is 6.19. The van der Waals surface area contributed by atoms with Gasteiger partial charge in [-0.3, -0.25) is 0 Å². The second-order valence-electron chi connectivity index (χ2n) is 6.32. The number of piperidine rings is 1. The van der Waals surface area contributed by atoms with E-state index in [-0.39, 0.29) is 0 Å². The van der Waals surface area contributed by atoms with Crippen LogP contribution in [0.4, 0.5) is 0 Å². The van der Waals surface area contributed by atoms with Crippen molar-refractivity contribution < 1.29 is 0 Å². The van der Waals surface area contributed by atoms with Crippen molar-refractivity contribution >= 4 is 10.9 Å². The summed E-state index contributed by atoms with van der Waals surface area (Å²) in [6.07, 6.45) is 2.54. The largest absolute Gasteiger partial charge is 0.358 e. The molecule has 1 aliphatic rings. The zero-order valence-electron chi connectivity index (χ0n) is 13.2. The van der Waals surface area contributed by atoms with Gasteiger partial charge in [0.1, 0.15) is 0 Å². The van der Waals surface area contributed by atoms with Gasteiger partial charge in [0.05, 0.1) is 0 Å². The number of hydrogen-bond donors (Lipinski definition) is 2. The van der Waals surface area contributed by atoms with Crippen LogP contribution in [-0.2, 0) is 0 Å². The summed E-state index contributed by atoms with van der Waals surface area (Å²) >= 11 is 0. The number of likely N-dealkylation sites (tertiary alicyclic amines) is 1. The van der Waals surface area contributed by atoms with Crippen LogP contribution in [0, 0.1) is 12.8 Å². The van der Waals surface area contributed by atoms with E-state index < -0.39 is 0 Å². The van der Waals surface area contributed by atoms with Crippen LogP contribution in [0.25, 0.3) is 10.9 Å². The quantitative estimate of drug-likeness (QED) is 0.905. The Balaban J connectivity index is 1.90. The molecule has 1 unspecified atom stereocenters. The number of nitrogens with zero attached hydrogens (tertiary/aromatic N) is 1. The molecule has 0 amide bonds. The first-order valence-electron chi connectivity index (χ1n) is 8.24. The van der Waals surface area contributed by atoms with E-state index in [2.05, 4.69) is 48.0 Å². The lowest BCUT2D eigenvalue weighted by atomic mass is 9.79. The van der Waals surface area contributed by atoms with Crippen molar-refractivity contribution in [3.05, 3.63) is 35.5 Å². The lowest BCUT2D eigenvalue weighted by Gasteiger charge is -2.35. The molecular formula is C18H27N3. The second-order valence-corrected chi connectivity index (χ2v) is 6.32. The molecule has 1 aromatic carbocycles. The van der Waals surface area contributed by atoms with E-state index in [4.69, 9.17) is 5.73 Å². The van der Waals surface area contributed by atoms with Gasteiger partial charge in [-0.15, -0.1) is 0 Å². The van der Waals surface area contributed by atoms with Crippen LogP contribution in [0.1, 0.15) is 36.9 Å². The maximum Gasteiger partial charge on any atom is 0.0458 e. The van der Waals surface area contributed by atoms with Gasteiger partial charge in [0.25, 0.3) is 0 Å². The molecule has 0 saturated carbocycles. The molecule has 2 heterocycles. The third-order valence-corrected chi connectivity index (χ3v) is 5.22. The molecule has 0 spiro atoms. The molecule has 3 heteroatoms. The fraction of sp³-hybridized carbons (Fsp3) is 0.556. The first-order chi connectivity index (χ1) is 10.2. The number of nitrogens with two attached hydrogens (primary N) is 1. The number of aromatic amines is 1. The Morgan fingerprint density at radius 1 is 1.29 bits per heavy atom. The van der Waals surface area contributed by atoms with E-state index >= 15 is 0 Å². The average Bonchev–Trinajstić information content (AvgIpc) is 2.85. The number of para-hydroxylation sites is 1. The number of hydrogen-bond acceptors (Lipinski definition) is 2. The number of aryl methyl sites for hydroxylation is 1. The fourth-order valence-electron chi connectivity index (χ4n) is 3.99. The van der Waals surface area contributed by atoms with Gasteiger partial charge < -0.3 is 15.6 Å². The maximum atomic E-state index is 6.19. The van der Waals surface area contributed by atoms with Crippen molar-refractivity contribution in [1.29, 1.82) is 0 Å². The summed E-state index contributed by atoms with van der Waals surface area (Å²) in [4.78, 5) is 6.08. The molecule has 3 N–H and O–H groups in total. The second kappa shape index (κ2) is 6.20. The lowest BCUT2D eigenvalue weighted by Crippen LogP contribution is -2.37. The Morgan fingerprint density at radius 2 is 2.00 bits per heavy atom. The summed E-state index contributed by atoms with van der Waals surface area (Å²) in [6.45, 7) is 8.81. The molecule has 3 rings (SSSR count). The number of benzene rings is 1. The van der Waals surface area contributed by atoms with Crippen molar-refractivity contribution in [3.63, 3.8) is 0 Å². The highest BCUT2D eigenvalue weighted by molar-refractivity contribution is 5.85. The minimum Gasteiger partial charge on any atom is -0.358 e. The summed E-state index contributed by atoms with van der Waals surface area (Å²) in [5.74, 6) is 1.20. The Hall–Kier alpha value is -1.32. The summed E-state index contributed by atoms with van der Waals surface area (Å²) < 4.78 is 0. The molecule has 114 valence electrons. The van der Waals surface area contributed by atoms with E-state index in [0.29, 0.717) is 5.92 Å². The third kappa shape index (κ3) is 2.72. The molecule has 3 nitrogen and oxygen atoms in total. The highest BCUT2D eigenvalue weighted by Gasteiger charge is 2.29. The van der Waals surface area contributed by atoms with E-state index in [1.54, 1.807) is 0 Å². The van der Waals surface area contributed by atoms with Crippen LogP contribution in [-0.4, -0.2) is 36.1 Å². The number of H-pyrrole nitrogens is 1. The Bertz CT molecular complexity index is 594. The third-order valence-electron chi connectivity index (χ3n) is 5.22. The summed E-state index contributed by atoms with van der Waals surface area (Å²) in [5, 5.41) is 1.36. The summed E-state index contributed by atoms with van der Waals surface area (Å²) in [5.41, 5.74) is 10.2. The van der Waals surface area contributed by atoms with Gasteiger partial charge in [-0.1, -0.05) is 25.1 Å². The van der Waals surface area contributed by atoms with Crippen LogP contribution in [0.15, 0.2) is 24.3 Å². The number of rotatable bonds is 4. The average molecular weight is 285 g/mol. The van der Waals surface area contributed by atoms with Crippen LogP contribution >= 0.6 is 0 Å². The van der Waals surface area contributed by atoms with E-state index in [0.717, 1.165) is 12.5 Å². The first-order valence-corrected chi connectivity index (χ1v) is 8.24. The SMILES string of the molecule is CCN1CCC(C(CN)c2c(C)[nH]c3ccccc23)CC1. The van der Waals surface area contributed by atoms with Gasteiger partial charge in [-0.2, -0.15) is 0 Å². The van der Waals surface area contributed by atoms with Crippen molar-refractivity contribution in [1.82, 2.24) is 9.88 Å². The Kier molecular flexibility index (Phi) is 4.32. The highest BCUT2D eigenvalue weighted by atomic mass is 15.1. The van der Waals surface area contributed by atoms with Gasteiger partial charge in [0.2, 0.25) is 0 Å². The van der Waals surface area contributed by atoms with Crippen LogP contribution in [0.2, 0.25) is 0 Å². The topological polar surface area (TPSA) is 45.0 Å². The van der Waals surface area contributed by atoms with Gasteiger partial charge in [-0.05, 0) is 63.5 Å². The molecule has 1 saturated heterocycles. The number of fused-ring (bicyclic) bond motifs is 1. The number of nitrogens with one attached hydrogen (secondary N) is 1. The standard InChI is InChI=1S/C18H27N3/c1-3-21-10-8-14(9-11-21)16(12-19)18-13(2)20-17-7-5-4-6-15(17)18/h4-7,14,16,20H,3,8-12,19H2,1-2H3. The fourth-order valence-corrected chi connectivity index (χ4v) is 3.99. The molecule has 1 aromatic heterocycles. The van der Waals surface area contributed by atoms with Gasteiger partial charge in [0.15, 0.2) is 0 Å². The van der Waals surface area contributed by atoms with E-state index in [1.165, 1.54) is 54.6 Å².